The summed E-state index contributed by atoms with van der Waals surface area (Å²) in [6.07, 6.45) is 1.03. The van der Waals surface area contributed by atoms with Crippen molar-refractivity contribution in [3.05, 3.63) is 65.3 Å². The SMILES string of the molecule is CC(=O)NCCc1nnc(Cc2nc3ccc(-c4ccccc4)cc3s2)o1. The number of aromatic nitrogens is 3. The zero-order valence-electron chi connectivity index (χ0n) is 14.8. The second-order valence-electron chi connectivity index (χ2n) is 6.16. The summed E-state index contributed by atoms with van der Waals surface area (Å²) in [7, 11) is 0. The van der Waals surface area contributed by atoms with Crippen LogP contribution in [0.5, 0.6) is 0 Å². The number of nitrogens with one attached hydrogen (secondary N) is 1. The van der Waals surface area contributed by atoms with Crippen LogP contribution in [0.25, 0.3) is 21.3 Å². The molecule has 2 aromatic heterocycles. The molecule has 27 heavy (non-hydrogen) atoms. The zero-order valence-corrected chi connectivity index (χ0v) is 15.6. The fourth-order valence-corrected chi connectivity index (χ4v) is 3.79. The second-order valence-corrected chi connectivity index (χ2v) is 7.27. The molecule has 2 heterocycles. The Bertz CT molecular complexity index is 1070. The summed E-state index contributed by atoms with van der Waals surface area (Å²) in [6, 6.07) is 16.6. The summed E-state index contributed by atoms with van der Waals surface area (Å²) in [5.74, 6) is 0.987. The van der Waals surface area contributed by atoms with Gasteiger partial charge in [-0.15, -0.1) is 21.5 Å². The van der Waals surface area contributed by atoms with E-state index in [1.807, 2.05) is 24.3 Å². The van der Waals surface area contributed by atoms with E-state index in [2.05, 4.69) is 44.8 Å². The van der Waals surface area contributed by atoms with E-state index in [9.17, 15) is 4.79 Å². The lowest BCUT2D eigenvalue weighted by molar-refractivity contribution is -0.118. The van der Waals surface area contributed by atoms with Crippen molar-refractivity contribution in [3.8, 4) is 11.1 Å². The smallest absolute Gasteiger partial charge is 0.223 e. The van der Waals surface area contributed by atoms with Gasteiger partial charge in [-0.2, -0.15) is 0 Å². The first-order chi connectivity index (χ1) is 13.2. The predicted molar refractivity (Wildman–Crippen MR) is 105 cm³/mol. The van der Waals surface area contributed by atoms with Gasteiger partial charge < -0.3 is 9.73 Å². The summed E-state index contributed by atoms with van der Waals surface area (Å²) in [5, 5.41) is 11.8. The van der Waals surface area contributed by atoms with Crippen LogP contribution < -0.4 is 5.32 Å². The van der Waals surface area contributed by atoms with Gasteiger partial charge in [0.2, 0.25) is 17.7 Å². The monoisotopic (exact) mass is 378 g/mol. The number of rotatable bonds is 6. The van der Waals surface area contributed by atoms with E-state index in [0.717, 1.165) is 15.2 Å². The zero-order chi connectivity index (χ0) is 18.6. The van der Waals surface area contributed by atoms with Crippen molar-refractivity contribution >= 4 is 27.5 Å². The van der Waals surface area contributed by atoms with Crippen molar-refractivity contribution < 1.29 is 9.21 Å². The minimum Gasteiger partial charge on any atom is -0.425 e. The average molecular weight is 378 g/mol. The highest BCUT2D eigenvalue weighted by Gasteiger charge is 2.11. The van der Waals surface area contributed by atoms with E-state index < -0.39 is 0 Å². The van der Waals surface area contributed by atoms with Crippen LogP contribution in [0.3, 0.4) is 0 Å². The Morgan fingerprint density at radius 2 is 1.89 bits per heavy atom. The van der Waals surface area contributed by atoms with Gasteiger partial charge in [-0.1, -0.05) is 36.4 Å². The molecule has 0 aliphatic rings. The van der Waals surface area contributed by atoms with Gasteiger partial charge in [0, 0.05) is 19.9 Å². The number of carbonyl (C=O) groups is 1. The number of hydrogen-bond donors (Lipinski definition) is 1. The van der Waals surface area contributed by atoms with Crippen molar-refractivity contribution in [2.24, 2.45) is 0 Å². The number of amides is 1. The molecule has 0 saturated heterocycles. The second kappa shape index (κ2) is 7.67. The fourth-order valence-electron chi connectivity index (χ4n) is 2.79. The number of fused-ring (bicyclic) bond motifs is 1. The Hall–Kier alpha value is -3.06. The molecule has 0 radical (unpaired) electrons. The van der Waals surface area contributed by atoms with Gasteiger partial charge in [0.15, 0.2) is 0 Å². The van der Waals surface area contributed by atoms with Crippen LogP contribution in [0.15, 0.2) is 52.9 Å². The molecule has 6 nitrogen and oxygen atoms in total. The molecule has 0 spiro atoms. The molecule has 7 heteroatoms. The topological polar surface area (TPSA) is 80.9 Å². The molecule has 0 aliphatic heterocycles. The molecular weight excluding hydrogens is 360 g/mol. The minimum atomic E-state index is -0.0703. The van der Waals surface area contributed by atoms with Crippen LogP contribution >= 0.6 is 11.3 Å². The van der Waals surface area contributed by atoms with Crippen molar-refractivity contribution in [2.75, 3.05) is 6.54 Å². The molecule has 2 aromatic carbocycles. The standard InChI is InChI=1S/C20H18N4O2S/c1-13(25)21-10-9-18-23-24-19(26-18)12-20-22-16-8-7-15(11-17(16)27-20)14-5-3-2-4-6-14/h2-8,11H,9-10,12H2,1H3,(H,21,25). The Balaban J connectivity index is 1.48. The van der Waals surface area contributed by atoms with E-state index in [1.54, 1.807) is 11.3 Å². The van der Waals surface area contributed by atoms with E-state index >= 15 is 0 Å². The maximum absolute atomic E-state index is 10.9. The number of hydrogen-bond acceptors (Lipinski definition) is 6. The Morgan fingerprint density at radius 3 is 2.70 bits per heavy atom. The summed E-state index contributed by atoms with van der Waals surface area (Å²) in [4.78, 5) is 15.6. The highest BCUT2D eigenvalue weighted by atomic mass is 32.1. The van der Waals surface area contributed by atoms with E-state index in [0.29, 0.717) is 31.2 Å². The summed E-state index contributed by atoms with van der Waals surface area (Å²) in [5.41, 5.74) is 3.34. The van der Waals surface area contributed by atoms with E-state index in [4.69, 9.17) is 4.42 Å². The maximum Gasteiger partial charge on any atom is 0.223 e. The lowest BCUT2D eigenvalue weighted by Crippen LogP contribution is -2.22. The lowest BCUT2D eigenvalue weighted by Gasteiger charge is -2.00. The molecule has 4 rings (SSSR count). The molecule has 0 unspecified atom stereocenters. The molecule has 136 valence electrons. The van der Waals surface area contributed by atoms with Crippen molar-refractivity contribution in [3.63, 3.8) is 0 Å². The van der Waals surface area contributed by atoms with Gasteiger partial charge in [-0.3, -0.25) is 4.79 Å². The predicted octanol–water partition coefficient (Wildman–Crippen LogP) is 3.62. The lowest BCUT2D eigenvalue weighted by atomic mass is 10.1. The molecule has 4 aromatic rings. The summed E-state index contributed by atoms with van der Waals surface area (Å²) >= 11 is 1.64. The first-order valence-electron chi connectivity index (χ1n) is 8.68. The van der Waals surface area contributed by atoms with Crippen LogP contribution in [-0.2, 0) is 17.6 Å². The van der Waals surface area contributed by atoms with Crippen LogP contribution in [0.4, 0.5) is 0 Å². The van der Waals surface area contributed by atoms with Crippen molar-refractivity contribution in [2.45, 2.75) is 19.8 Å². The van der Waals surface area contributed by atoms with Gasteiger partial charge in [0.1, 0.15) is 5.01 Å². The largest absolute Gasteiger partial charge is 0.425 e. The van der Waals surface area contributed by atoms with Gasteiger partial charge in [-0.25, -0.2) is 4.98 Å². The molecule has 0 atom stereocenters. The Kier molecular flexibility index (Phi) is 4.93. The number of benzene rings is 2. The molecule has 0 fully saturated rings. The summed E-state index contributed by atoms with van der Waals surface area (Å²) < 4.78 is 6.79. The van der Waals surface area contributed by atoms with E-state index in [-0.39, 0.29) is 5.91 Å². The molecule has 1 N–H and O–H groups in total. The Morgan fingerprint density at radius 1 is 1.07 bits per heavy atom. The number of nitrogens with zero attached hydrogens (tertiary/aromatic N) is 3. The van der Waals surface area contributed by atoms with Crippen molar-refractivity contribution in [1.82, 2.24) is 20.5 Å². The average Bonchev–Trinajstić information content (AvgIpc) is 3.28. The highest BCUT2D eigenvalue weighted by Crippen LogP contribution is 2.29. The van der Waals surface area contributed by atoms with Crippen LogP contribution in [0.2, 0.25) is 0 Å². The first kappa shape index (κ1) is 17.4. The van der Waals surface area contributed by atoms with Gasteiger partial charge in [-0.05, 0) is 23.3 Å². The van der Waals surface area contributed by atoms with Gasteiger partial charge >= 0.3 is 0 Å². The molecular formula is C20H18N4O2S. The van der Waals surface area contributed by atoms with Gasteiger partial charge in [0.05, 0.1) is 16.6 Å². The number of carbonyl (C=O) groups excluding carboxylic acids is 1. The first-order valence-corrected chi connectivity index (χ1v) is 9.49. The van der Waals surface area contributed by atoms with Gasteiger partial charge in [0.25, 0.3) is 0 Å². The Labute approximate surface area is 160 Å². The van der Waals surface area contributed by atoms with E-state index in [1.165, 1.54) is 18.1 Å². The van der Waals surface area contributed by atoms with Crippen LogP contribution in [0.1, 0.15) is 23.7 Å². The third-order valence-corrected chi connectivity index (χ3v) is 5.08. The highest BCUT2D eigenvalue weighted by molar-refractivity contribution is 7.18. The third kappa shape index (κ3) is 4.20. The maximum atomic E-state index is 10.9. The molecule has 0 aliphatic carbocycles. The quantitative estimate of drug-likeness (QED) is 0.554. The normalized spacial score (nSPS) is 11.0. The minimum absolute atomic E-state index is 0.0703. The molecule has 1 amide bonds. The fraction of sp³-hybridized carbons (Fsp3) is 0.200. The summed E-state index contributed by atoms with van der Waals surface area (Å²) in [6.45, 7) is 1.97. The third-order valence-electron chi connectivity index (χ3n) is 4.06. The van der Waals surface area contributed by atoms with Crippen molar-refractivity contribution in [1.29, 1.82) is 0 Å². The molecule has 0 bridgehead atoms. The molecule has 0 saturated carbocycles. The van der Waals surface area contributed by atoms with Crippen LogP contribution in [-0.4, -0.2) is 27.6 Å². The van der Waals surface area contributed by atoms with Crippen LogP contribution in [0, 0.1) is 0 Å². The number of thiazole rings is 1.